The molecule has 0 aliphatic heterocycles. The van der Waals surface area contributed by atoms with E-state index >= 15 is 0 Å². The highest BCUT2D eigenvalue weighted by Gasteiger charge is 2.09. The third kappa shape index (κ3) is 4.34. The maximum absolute atomic E-state index is 12.9. The SMILES string of the molecule is OC(CCc1ccccc1)Cc1ccc(F)cc1Cl. The first kappa shape index (κ1) is 14.0. The Bertz CT molecular complexity index is 528. The van der Waals surface area contributed by atoms with Gasteiger partial charge in [-0.05, 0) is 42.5 Å². The van der Waals surface area contributed by atoms with Crippen LogP contribution in [-0.2, 0) is 12.8 Å². The Labute approximate surface area is 117 Å². The van der Waals surface area contributed by atoms with Gasteiger partial charge in [-0.3, -0.25) is 0 Å². The van der Waals surface area contributed by atoms with Crippen LogP contribution in [0.5, 0.6) is 0 Å². The van der Waals surface area contributed by atoms with Gasteiger partial charge in [-0.2, -0.15) is 0 Å². The molecule has 2 rings (SSSR count). The minimum atomic E-state index is -0.469. The quantitative estimate of drug-likeness (QED) is 0.876. The van der Waals surface area contributed by atoms with E-state index in [1.54, 1.807) is 6.07 Å². The zero-order valence-corrected chi connectivity index (χ0v) is 11.3. The fourth-order valence-corrected chi connectivity index (χ4v) is 2.27. The van der Waals surface area contributed by atoms with Crippen LogP contribution in [0.2, 0.25) is 5.02 Å². The summed E-state index contributed by atoms with van der Waals surface area (Å²) in [5.74, 6) is -0.354. The van der Waals surface area contributed by atoms with Gasteiger partial charge in [0.2, 0.25) is 0 Å². The van der Waals surface area contributed by atoms with Crippen LogP contribution >= 0.6 is 11.6 Å². The molecule has 0 bridgehead atoms. The van der Waals surface area contributed by atoms with E-state index in [1.807, 2.05) is 30.3 Å². The lowest BCUT2D eigenvalue weighted by Gasteiger charge is -2.12. The number of halogens is 2. The average molecular weight is 279 g/mol. The summed E-state index contributed by atoms with van der Waals surface area (Å²) in [4.78, 5) is 0. The number of aliphatic hydroxyl groups excluding tert-OH is 1. The number of rotatable bonds is 5. The first-order valence-electron chi connectivity index (χ1n) is 6.31. The van der Waals surface area contributed by atoms with Crippen molar-refractivity contribution < 1.29 is 9.50 Å². The summed E-state index contributed by atoms with van der Waals surface area (Å²) in [5.41, 5.74) is 1.98. The molecule has 3 heteroatoms. The van der Waals surface area contributed by atoms with E-state index in [0.29, 0.717) is 17.9 Å². The van der Waals surface area contributed by atoms with Gasteiger partial charge in [-0.1, -0.05) is 48.0 Å². The Morgan fingerprint density at radius 3 is 2.53 bits per heavy atom. The third-order valence-electron chi connectivity index (χ3n) is 3.08. The molecule has 0 aliphatic rings. The average Bonchev–Trinajstić information content (AvgIpc) is 2.41. The van der Waals surface area contributed by atoms with Crippen LogP contribution < -0.4 is 0 Å². The van der Waals surface area contributed by atoms with E-state index in [2.05, 4.69) is 0 Å². The minimum Gasteiger partial charge on any atom is -0.393 e. The zero-order valence-electron chi connectivity index (χ0n) is 10.5. The highest BCUT2D eigenvalue weighted by atomic mass is 35.5. The van der Waals surface area contributed by atoms with Crippen LogP contribution in [0.15, 0.2) is 48.5 Å². The summed E-state index contributed by atoms with van der Waals surface area (Å²) in [6, 6.07) is 14.3. The Kier molecular flexibility index (Phi) is 4.94. The van der Waals surface area contributed by atoms with Crippen LogP contribution in [0.4, 0.5) is 4.39 Å². The highest BCUT2D eigenvalue weighted by molar-refractivity contribution is 6.31. The molecule has 0 aliphatic carbocycles. The standard InChI is InChI=1S/C16H16ClFO/c17-16-11-14(18)8-7-13(16)10-15(19)9-6-12-4-2-1-3-5-12/h1-5,7-8,11,15,19H,6,9-10H2. The molecule has 100 valence electrons. The summed E-state index contributed by atoms with van der Waals surface area (Å²) in [5, 5.41) is 10.4. The molecular weight excluding hydrogens is 263 g/mol. The Hall–Kier alpha value is -1.38. The Morgan fingerprint density at radius 2 is 1.84 bits per heavy atom. The topological polar surface area (TPSA) is 20.2 Å². The molecule has 1 nitrogen and oxygen atoms in total. The summed E-state index contributed by atoms with van der Waals surface area (Å²) in [7, 11) is 0. The van der Waals surface area contributed by atoms with Crippen molar-refractivity contribution in [2.45, 2.75) is 25.4 Å². The first-order chi connectivity index (χ1) is 9.15. The molecule has 0 amide bonds. The molecule has 2 aromatic rings. The van der Waals surface area contributed by atoms with Crippen LogP contribution in [0.3, 0.4) is 0 Å². The number of aryl methyl sites for hydroxylation is 1. The summed E-state index contributed by atoms with van der Waals surface area (Å²) in [6.07, 6.45) is 1.47. The van der Waals surface area contributed by atoms with Crippen LogP contribution in [0.1, 0.15) is 17.5 Å². The Balaban J connectivity index is 1.89. The van der Waals surface area contributed by atoms with Gasteiger partial charge in [-0.15, -0.1) is 0 Å². The number of hydrogen-bond acceptors (Lipinski definition) is 1. The second kappa shape index (κ2) is 6.69. The second-order valence-electron chi connectivity index (χ2n) is 4.62. The van der Waals surface area contributed by atoms with Gasteiger partial charge in [-0.25, -0.2) is 4.39 Å². The maximum Gasteiger partial charge on any atom is 0.124 e. The molecule has 1 unspecified atom stereocenters. The predicted octanol–water partition coefficient (Wildman–Crippen LogP) is 4.02. The van der Waals surface area contributed by atoms with Crippen molar-refractivity contribution in [3.63, 3.8) is 0 Å². The fraction of sp³-hybridized carbons (Fsp3) is 0.250. The fourth-order valence-electron chi connectivity index (χ4n) is 2.02. The van der Waals surface area contributed by atoms with E-state index in [0.717, 1.165) is 12.0 Å². The van der Waals surface area contributed by atoms with Crippen molar-refractivity contribution in [1.82, 2.24) is 0 Å². The van der Waals surface area contributed by atoms with Crippen LogP contribution in [0, 0.1) is 5.82 Å². The monoisotopic (exact) mass is 278 g/mol. The van der Waals surface area contributed by atoms with Crippen molar-refractivity contribution in [3.8, 4) is 0 Å². The largest absolute Gasteiger partial charge is 0.393 e. The number of benzene rings is 2. The van der Waals surface area contributed by atoms with Crippen molar-refractivity contribution >= 4 is 11.6 Å². The van der Waals surface area contributed by atoms with E-state index in [4.69, 9.17) is 11.6 Å². The van der Waals surface area contributed by atoms with Crippen LogP contribution in [-0.4, -0.2) is 11.2 Å². The molecule has 1 atom stereocenters. The van der Waals surface area contributed by atoms with Crippen molar-refractivity contribution in [2.75, 3.05) is 0 Å². The molecule has 19 heavy (non-hydrogen) atoms. The smallest absolute Gasteiger partial charge is 0.124 e. The number of aliphatic hydroxyl groups is 1. The van der Waals surface area contributed by atoms with Gasteiger partial charge in [0, 0.05) is 5.02 Å². The molecule has 2 aromatic carbocycles. The lowest BCUT2D eigenvalue weighted by Crippen LogP contribution is -2.12. The molecule has 0 saturated heterocycles. The first-order valence-corrected chi connectivity index (χ1v) is 6.69. The van der Waals surface area contributed by atoms with Gasteiger partial charge in [0.05, 0.1) is 6.10 Å². The van der Waals surface area contributed by atoms with Gasteiger partial charge >= 0.3 is 0 Å². The van der Waals surface area contributed by atoms with Crippen molar-refractivity contribution in [2.24, 2.45) is 0 Å². The molecular formula is C16H16ClFO. The molecule has 0 spiro atoms. The molecule has 0 fully saturated rings. The second-order valence-corrected chi connectivity index (χ2v) is 5.03. The normalized spacial score (nSPS) is 12.4. The van der Waals surface area contributed by atoms with Gasteiger partial charge < -0.3 is 5.11 Å². The molecule has 0 saturated carbocycles. The molecule has 1 N–H and O–H groups in total. The summed E-state index contributed by atoms with van der Waals surface area (Å²) in [6.45, 7) is 0. The zero-order chi connectivity index (χ0) is 13.7. The van der Waals surface area contributed by atoms with E-state index in [1.165, 1.54) is 17.7 Å². The Morgan fingerprint density at radius 1 is 1.11 bits per heavy atom. The third-order valence-corrected chi connectivity index (χ3v) is 3.43. The van der Waals surface area contributed by atoms with Gasteiger partial charge in [0.15, 0.2) is 0 Å². The predicted molar refractivity (Wildman–Crippen MR) is 75.9 cm³/mol. The summed E-state index contributed by atoms with van der Waals surface area (Å²) >= 11 is 5.94. The van der Waals surface area contributed by atoms with Gasteiger partial charge in [0.1, 0.15) is 5.82 Å². The number of hydrogen-bond donors (Lipinski definition) is 1. The summed E-state index contributed by atoms with van der Waals surface area (Å²) < 4.78 is 12.9. The molecule has 0 aromatic heterocycles. The van der Waals surface area contributed by atoms with Crippen molar-refractivity contribution in [3.05, 3.63) is 70.5 Å². The van der Waals surface area contributed by atoms with E-state index < -0.39 is 6.10 Å². The maximum atomic E-state index is 12.9. The van der Waals surface area contributed by atoms with E-state index in [9.17, 15) is 9.50 Å². The van der Waals surface area contributed by atoms with Gasteiger partial charge in [0.25, 0.3) is 0 Å². The van der Waals surface area contributed by atoms with E-state index in [-0.39, 0.29) is 5.82 Å². The lowest BCUT2D eigenvalue weighted by atomic mass is 10.0. The lowest BCUT2D eigenvalue weighted by molar-refractivity contribution is 0.165. The molecule has 0 radical (unpaired) electrons. The minimum absolute atomic E-state index is 0.354. The van der Waals surface area contributed by atoms with Crippen molar-refractivity contribution in [1.29, 1.82) is 0 Å². The molecule has 0 heterocycles. The van der Waals surface area contributed by atoms with Crippen LogP contribution in [0.25, 0.3) is 0 Å². The highest BCUT2D eigenvalue weighted by Crippen LogP contribution is 2.20.